The molecule has 2 atom stereocenters. The Labute approximate surface area is 191 Å². The van der Waals surface area contributed by atoms with E-state index >= 15 is 0 Å². The minimum absolute atomic E-state index is 0.0570. The molecule has 1 aliphatic carbocycles. The normalized spacial score (nSPS) is 23.1. The van der Waals surface area contributed by atoms with Gasteiger partial charge >= 0.3 is 5.97 Å². The van der Waals surface area contributed by atoms with E-state index in [1.807, 2.05) is 39.0 Å². The minimum atomic E-state index is -1.09. The minimum Gasteiger partial charge on any atom is -0.481 e. The summed E-state index contributed by atoms with van der Waals surface area (Å²) in [5.74, 6) is -0.283. The van der Waals surface area contributed by atoms with E-state index in [4.69, 9.17) is 0 Å². The molecule has 32 heavy (non-hydrogen) atoms. The highest BCUT2D eigenvalue weighted by molar-refractivity contribution is 7.15. The molecule has 7 nitrogen and oxygen atoms in total. The Morgan fingerprint density at radius 1 is 1.22 bits per heavy atom. The van der Waals surface area contributed by atoms with Crippen molar-refractivity contribution in [3.8, 4) is 10.4 Å². The van der Waals surface area contributed by atoms with Crippen LogP contribution in [-0.2, 0) is 10.4 Å². The summed E-state index contributed by atoms with van der Waals surface area (Å²) in [6.07, 6.45) is 6.16. The number of nitrogens with zero attached hydrogens (tertiary/aromatic N) is 3. The van der Waals surface area contributed by atoms with Crippen LogP contribution in [0.5, 0.6) is 0 Å². The molecule has 1 fully saturated rings. The van der Waals surface area contributed by atoms with Crippen LogP contribution >= 0.6 is 11.3 Å². The molecular formula is C24H28N4O3S. The summed E-state index contributed by atoms with van der Waals surface area (Å²) in [4.78, 5) is 25.5. The van der Waals surface area contributed by atoms with Crippen molar-refractivity contribution in [2.24, 2.45) is 5.41 Å². The van der Waals surface area contributed by atoms with Crippen LogP contribution in [0, 0.1) is 19.3 Å². The van der Waals surface area contributed by atoms with E-state index in [0.29, 0.717) is 23.8 Å². The third-order valence-electron chi connectivity index (χ3n) is 5.98. The van der Waals surface area contributed by atoms with Gasteiger partial charge in [-0.25, -0.2) is 15.0 Å². The van der Waals surface area contributed by atoms with E-state index < -0.39 is 17.0 Å². The molecule has 4 rings (SSSR count). The van der Waals surface area contributed by atoms with Crippen LogP contribution in [0.25, 0.3) is 10.4 Å². The second-order valence-electron chi connectivity index (χ2n) is 9.21. The second-order valence-corrected chi connectivity index (χ2v) is 10.2. The number of nitrogens with one attached hydrogen (secondary N) is 1. The first kappa shape index (κ1) is 22.4. The van der Waals surface area contributed by atoms with Crippen molar-refractivity contribution in [2.75, 3.05) is 5.32 Å². The van der Waals surface area contributed by atoms with Crippen molar-refractivity contribution in [2.45, 2.75) is 58.5 Å². The zero-order valence-electron chi connectivity index (χ0n) is 18.6. The van der Waals surface area contributed by atoms with Crippen LogP contribution in [0.15, 0.2) is 36.7 Å². The summed E-state index contributed by atoms with van der Waals surface area (Å²) in [5, 5.41) is 24.6. The van der Waals surface area contributed by atoms with Gasteiger partial charge in [-0.2, -0.15) is 0 Å². The molecule has 0 unspecified atom stereocenters. The fourth-order valence-electron chi connectivity index (χ4n) is 4.65. The first-order valence-electron chi connectivity index (χ1n) is 10.7. The summed E-state index contributed by atoms with van der Waals surface area (Å²) in [7, 11) is 0. The van der Waals surface area contributed by atoms with Gasteiger partial charge in [0.1, 0.15) is 10.6 Å². The maximum atomic E-state index is 11.4. The van der Waals surface area contributed by atoms with E-state index in [1.165, 1.54) is 11.3 Å². The van der Waals surface area contributed by atoms with Crippen LogP contribution < -0.4 is 5.32 Å². The molecule has 0 saturated heterocycles. The summed E-state index contributed by atoms with van der Waals surface area (Å²) in [6, 6.07) is 7.99. The maximum Gasteiger partial charge on any atom is 0.303 e. The fourth-order valence-corrected chi connectivity index (χ4v) is 5.67. The molecular weight excluding hydrogens is 424 g/mol. The lowest BCUT2D eigenvalue weighted by Crippen LogP contribution is -2.39. The molecule has 1 aromatic carbocycles. The molecule has 1 aliphatic rings. The smallest absolute Gasteiger partial charge is 0.303 e. The van der Waals surface area contributed by atoms with Crippen molar-refractivity contribution in [1.29, 1.82) is 0 Å². The largest absolute Gasteiger partial charge is 0.481 e. The molecule has 0 aliphatic heterocycles. The van der Waals surface area contributed by atoms with Crippen LogP contribution in [0.3, 0.4) is 0 Å². The van der Waals surface area contributed by atoms with Gasteiger partial charge in [0.2, 0.25) is 5.95 Å². The number of aliphatic carboxylic acids is 1. The van der Waals surface area contributed by atoms with E-state index in [1.54, 1.807) is 12.4 Å². The monoisotopic (exact) mass is 452 g/mol. The van der Waals surface area contributed by atoms with Crippen LogP contribution in [-0.4, -0.2) is 31.1 Å². The lowest BCUT2D eigenvalue weighted by Gasteiger charge is -2.41. The third-order valence-corrected chi connectivity index (χ3v) is 7.22. The number of carboxylic acids is 1. The average molecular weight is 453 g/mol. The maximum absolute atomic E-state index is 11.4. The zero-order chi connectivity index (χ0) is 22.9. The Balaban J connectivity index is 1.59. The average Bonchev–Trinajstić information content (AvgIpc) is 3.17. The molecule has 3 aromatic rings. The molecule has 3 N–H and O–H groups in total. The molecule has 2 aromatic heterocycles. The number of anilines is 2. The first-order chi connectivity index (χ1) is 15.1. The van der Waals surface area contributed by atoms with Gasteiger partial charge in [-0.05, 0) is 74.3 Å². The van der Waals surface area contributed by atoms with E-state index in [0.717, 1.165) is 40.2 Å². The number of hydrogen-bond acceptors (Lipinski definition) is 7. The molecule has 0 bridgehead atoms. The second kappa shape index (κ2) is 8.60. The highest BCUT2D eigenvalue weighted by Crippen LogP contribution is 2.49. The van der Waals surface area contributed by atoms with E-state index in [-0.39, 0.29) is 6.42 Å². The fraction of sp³-hybridized carbons (Fsp3) is 0.417. The van der Waals surface area contributed by atoms with Gasteiger partial charge in [0.05, 0.1) is 11.3 Å². The van der Waals surface area contributed by atoms with Gasteiger partial charge in [0.15, 0.2) is 0 Å². The number of rotatable bonds is 6. The van der Waals surface area contributed by atoms with Gasteiger partial charge < -0.3 is 15.5 Å². The van der Waals surface area contributed by atoms with Gasteiger partial charge in [0, 0.05) is 23.8 Å². The molecule has 1 saturated carbocycles. The SMILES string of the molecule is Cc1cc(Nc2nccc(C)n2)cc(-c2cnc([C@]3(O)CCC[C@@](C)(CC(=O)O)C3)s2)c1. The number of aliphatic hydroxyl groups is 1. The number of benzene rings is 1. The van der Waals surface area contributed by atoms with Crippen LogP contribution in [0.4, 0.5) is 11.6 Å². The van der Waals surface area contributed by atoms with Crippen molar-refractivity contribution >= 4 is 28.9 Å². The van der Waals surface area contributed by atoms with Gasteiger partial charge in [-0.15, -0.1) is 11.3 Å². The van der Waals surface area contributed by atoms with E-state index in [9.17, 15) is 15.0 Å². The Morgan fingerprint density at radius 3 is 2.78 bits per heavy atom. The highest BCUT2D eigenvalue weighted by Gasteiger charge is 2.44. The van der Waals surface area contributed by atoms with Crippen molar-refractivity contribution in [1.82, 2.24) is 15.0 Å². The molecule has 0 spiro atoms. The highest BCUT2D eigenvalue weighted by atomic mass is 32.1. The number of aryl methyl sites for hydroxylation is 2. The quantitative estimate of drug-likeness (QED) is 0.471. The molecule has 8 heteroatoms. The summed E-state index contributed by atoms with van der Waals surface area (Å²) >= 11 is 1.47. The summed E-state index contributed by atoms with van der Waals surface area (Å²) in [6.45, 7) is 5.90. The van der Waals surface area contributed by atoms with Gasteiger partial charge in [0.25, 0.3) is 0 Å². The molecule has 0 radical (unpaired) electrons. The first-order valence-corrected chi connectivity index (χ1v) is 11.6. The predicted octanol–water partition coefficient (Wildman–Crippen LogP) is 5.20. The Kier molecular flexibility index (Phi) is 6.01. The summed E-state index contributed by atoms with van der Waals surface area (Å²) in [5.41, 5.74) is 2.32. The lowest BCUT2D eigenvalue weighted by molar-refractivity contribution is -0.142. The number of carbonyl (C=O) groups is 1. The van der Waals surface area contributed by atoms with Crippen molar-refractivity contribution in [3.05, 3.63) is 52.9 Å². The molecule has 2 heterocycles. The summed E-state index contributed by atoms with van der Waals surface area (Å²) < 4.78 is 0. The Morgan fingerprint density at radius 2 is 2.03 bits per heavy atom. The van der Waals surface area contributed by atoms with Crippen LogP contribution in [0.2, 0.25) is 0 Å². The van der Waals surface area contributed by atoms with Gasteiger partial charge in [-0.1, -0.05) is 13.0 Å². The number of carboxylic acid groups (broad SMARTS) is 1. The number of thiazole rings is 1. The Bertz CT molecular complexity index is 1150. The molecule has 168 valence electrons. The Hall–Kier alpha value is -2.84. The standard InChI is InChI=1S/C24H28N4O3S/c1-15-9-17(11-18(10-15)28-22-25-8-5-16(2)27-22)19-13-26-21(32-19)24(31)7-4-6-23(3,14-24)12-20(29)30/h5,8-11,13,31H,4,6-7,12,14H2,1-3H3,(H,29,30)(H,25,27,28)/t23-,24-/m0/s1. The predicted molar refractivity (Wildman–Crippen MR) is 125 cm³/mol. The van der Waals surface area contributed by atoms with E-state index in [2.05, 4.69) is 26.3 Å². The van der Waals surface area contributed by atoms with Gasteiger partial charge in [-0.3, -0.25) is 4.79 Å². The van der Waals surface area contributed by atoms with Crippen molar-refractivity contribution in [3.63, 3.8) is 0 Å². The number of aromatic nitrogens is 3. The lowest BCUT2D eigenvalue weighted by atomic mass is 9.67. The number of hydrogen-bond donors (Lipinski definition) is 3. The zero-order valence-corrected chi connectivity index (χ0v) is 19.4. The molecule has 0 amide bonds. The topological polar surface area (TPSA) is 108 Å². The third kappa shape index (κ3) is 4.97. The van der Waals surface area contributed by atoms with Crippen LogP contribution in [0.1, 0.15) is 55.3 Å². The van der Waals surface area contributed by atoms with Crippen molar-refractivity contribution < 1.29 is 15.0 Å².